The fourth-order valence-electron chi connectivity index (χ4n) is 1.09. The predicted molar refractivity (Wildman–Crippen MR) is 55.3 cm³/mol. The molecular weight excluding hydrogens is 214 g/mol. The Hall–Kier alpha value is -1.97. The zero-order valence-corrected chi connectivity index (χ0v) is 8.38. The number of aliphatic carboxylic acids is 1. The van der Waals surface area contributed by atoms with Crippen molar-refractivity contribution in [1.29, 1.82) is 5.26 Å². The van der Waals surface area contributed by atoms with E-state index in [9.17, 15) is 4.79 Å². The summed E-state index contributed by atoms with van der Waals surface area (Å²) in [7, 11) is 0. The molecule has 3 nitrogen and oxygen atoms in total. The SMILES string of the molecule is N#CC#Cc1ccc(Cl)cc1CC(=O)O. The molecule has 1 N–H and O–H groups in total. The molecule has 1 aromatic rings. The first-order valence-corrected chi connectivity index (χ1v) is 4.41. The minimum Gasteiger partial charge on any atom is -0.481 e. The fraction of sp³-hybridized carbons (Fsp3) is 0.0909. The fourth-order valence-corrected chi connectivity index (χ4v) is 1.28. The maximum atomic E-state index is 10.5. The zero-order valence-electron chi connectivity index (χ0n) is 7.62. The molecule has 0 aliphatic carbocycles. The first-order chi connectivity index (χ1) is 7.13. The third kappa shape index (κ3) is 3.34. The second-order valence-corrected chi connectivity index (χ2v) is 3.17. The molecule has 0 spiro atoms. The molecule has 15 heavy (non-hydrogen) atoms. The highest BCUT2D eigenvalue weighted by Crippen LogP contribution is 2.16. The van der Waals surface area contributed by atoms with Gasteiger partial charge in [-0.25, -0.2) is 0 Å². The van der Waals surface area contributed by atoms with E-state index in [1.54, 1.807) is 18.2 Å². The van der Waals surface area contributed by atoms with Crippen LogP contribution in [0, 0.1) is 23.2 Å². The second-order valence-electron chi connectivity index (χ2n) is 2.73. The molecule has 0 bridgehead atoms. The lowest BCUT2D eigenvalue weighted by Crippen LogP contribution is -2.02. The van der Waals surface area contributed by atoms with Gasteiger partial charge in [0.2, 0.25) is 0 Å². The average molecular weight is 220 g/mol. The number of benzene rings is 1. The van der Waals surface area contributed by atoms with Gasteiger partial charge in [0.25, 0.3) is 0 Å². The number of halogens is 1. The molecule has 0 saturated carbocycles. The Balaban J connectivity index is 3.15. The molecule has 1 rings (SSSR count). The van der Waals surface area contributed by atoms with E-state index in [2.05, 4.69) is 11.8 Å². The number of carbonyl (C=O) groups is 1. The van der Waals surface area contributed by atoms with Crippen LogP contribution in [-0.2, 0) is 11.2 Å². The van der Waals surface area contributed by atoms with Crippen LogP contribution >= 0.6 is 11.6 Å². The number of rotatable bonds is 2. The lowest BCUT2D eigenvalue weighted by atomic mass is 10.1. The van der Waals surface area contributed by atoms with Crippen LogP contribution < -0.4 is 0 Å². The summed E-state index contributed by atoms with van der Waals surface area (Å²) in [5.41, 5.74) is 1.03. The highest BCUT2D eigenvalue weighted by Gasteiger charge is 2.05. The minimum atomic E-state index is -0.961. The van der Waals surface area contributed by atoms with Crippen LogP contribution in [0.4, 0.5) is 0 Å². The van der Waals surface area contributed by atoms with Gasteiger partial charge >= 0.3 is 5.97 Å². The number of hydrogen-bond donors (Lipinski definition) is 1. The molecule has 1 aromatic carbocycles. The Morgan fingerprint density at radius 3 is 2.87 bits per heavy atom. The highest BCUT2D eigenvalue weighted by atomic mass is 35.5. The van der Waals surface area contributed by atoms with Crippen molar-refractivity contribution in [3.8, 4) is 17.9 Å². The summed E-state index contributed by atoms with van der Waals surface area (Å²) in [6.45, 7) is 0. The number of hydrogen-bond acceptors (Lipinski definition) is 2. The molecule has 4 heteroatoms. The Bertz CT molecular complexity index is 492. The molecule has 0 fully saturated rings. The summed E-state index contributed by atoms with van der Waals surface area (Å²) >= 11 is 5.73. The molecule has 0 radical (unpaired) electrons. The largest absolute Gasteiger partial charge is 0.481 e. The Kier molecular flexibility index (Phi) is 3.74. The molecular formula is C11H6ClNO2. The van der Waals surface area contributed by atoms with Gasteiger partial charge in [-0.2, -0.15) is 5.26 Å². The molecule has 0 aliphatic rings. The maximum Gasteiger partial charge on any atom is 0.307 e. The van der Waals surface area contributed by atoms with Gasteiger partial charge in [0.15, 0.2) is 6.07 Å². The van der Waals surface area contributed by atoms with Crippen LogP contribution in [0.3, 0.4) is 0 Å². The van der Waals surface area contributed by atoms with Crippen LogP contribution in [0.2, 0.25) is 5.02 Å². The second kappa shape index (κ2) is 5.05. The number of nitriles is 1. The molecule has 0 heterocycles. The van der Waals surface area contributed by atoms with Gasteiger partial charge in [0, 0.05) is 16.5 Å². The third-order valence-corrected chi connectivity index (χ3v) is 1.90. The summed E-state index contributed by atoms with van der Waals surface area (Å²) in [5.74, 6) is 3.82. The van der Waals surface area contributed by atoms with E-state index < -0.39 is 5.97 Å². The molecule has 74 valence electrons. The van der Waals surface area contributed by atoms with Crippen LogP contribution in [-0.4, -0.2) is 11.1 Å². The van der Waals surface area contributed by atoms with Crippen molar-refractivity contribution < 1.29 is 9.90 Å². The van der Waals surface area contributed by atoms with Crippen molar-refractivity contribution in [3.63, 3.8) is 0 Å². The highest BCUT2D eigenvalue weighted by molar-refractivity contribution is 6.30. The molecule has 0 unspecified atom stereocenters. The number of carboxylic acids is 1. The maximum absolute atomic E-state index is 10.5. The number of carboxylic acid groups (broad SMARTS) is 1. The summed E-state index contributed by atoms with van der Waals surface area (Å²) in [6, 6.07) is 6.42. The van der Waals surface area contributed by atoms with E-state index in [0.717, 1.165) is 0 Å². The van der Waals surface area contributed by atoms with Crippen LogP contribution in [0.25, 0.3) is 0 Å². The Morgan fingerprint density at radius 2 is 2.27 bits per heavy atom. The van der Waals surface area contributed by atoms with Gasteiger partial charge in [-0.1, -0.05) is 17.5 Å². The van der Waals surface area contributed by atoms with E-state index in [4.69, 9.17) is 22.0 Å². The zero-order chi connectivity index (χ0) is 11.3. The molecule has 0 saturated heterocycles. The first kappa shape index (κ1) is 11.1. The van der Waals surface area contributed by atoms with E-state index in [1.807, 2.05) is 0 Å². The van der Waals surface area contributed by atoms with E-state index in [-0.39, 0.29) is 6.42 Å². The lowest BCUT2D eigenvalue weighted by molar-refractivity contribution is -0.136. The molecule has 0 atom stereocenters. The van der Waals surface area contributed by atoms with Gasteiger partial charge in [0.1, 0.15) is 0 Å². The quantitative estimate of drug-likeness (QED) is 0.772. The van der Waals surface area contributed by atoms with Crippen LogP contribution in [0.1, 0.15) is 11.1 Å². The molecule has 0 amide bonds. The van der Waals surface area contributed by atoms with Gasteiger partial charge in [-0.05, 0) is 23.8 Å². The normalized spacial score (nSPS) is 8.53. The number of nitrogens with zero attached hydrogens (tertiary/aromatic N) is 1. The van der Waals surface area contributed by atoms with Gasteiger partial charge in [-0.15, -0.1) is 0 Å². The molecule has 0 aromatic heterocycles. The summed E-state index contributed by atoms with van der Waals surface area (Å²) in [6.07, 6.45) is -0.157. The van der Waals surface area contributed by atoms with Crippen molar-refractivity contribution >= 4 is 17.6 Å². The van der Waals surface area contributed by atoms with Crippen LogP contribution in [0.15, 0.2) is 18.2 Å². The van der Waals surface area contributed by atoms with E-state index in [0.29, 0.717) is 16.1 Å². The summed E-state index contributed by atoms with van der Waals surface area (Å²) in [4.78, 5) is 10.5. The predicted octanol–water partition coefficient (Wildman–Crippen LogP) is 1.84. The third-order valence-electron chi connectivity index (χ3n) is 1.66. The Labute approximate surface area is 91.9 Å². The van der Waals surface area contributed by atoms with Crippen molar-refractivity contribution in [2.75, 3.05) is 0 Å². The summed E-state index contributed by atoms with van der Waals surface area (Å²) in [5, 5.41) is 17.4. The van der Waals surface area contributed by atoms with E-state index in [1.165, 1.54) is 6.07 Å². The average Bonchev–Trinajstić information content (AvgIpc) is 2.16. The van der Waals surface area contributed by atoms with Gasteiger partial charge in [0.05, 0.1) is 6.42 Å². The lowest BCUT2D eigenvalue weighted by Gasteiger charge is -2.01. The topological polar surface area (TPSA) is 61.1 Å². The van der Waals surface area contributed by atoms with Crippen molar-refractivity contribution in [2.24, 2.45) is 0 Å². The van der Waals surface area contributed by atoms with E-state index >= 15 is 0 Å². The smallest absolute Gasteiger partial charge is 0.307 e. The monoisotopic (exact) mass is 219 g/mol. The van der Waals surface area contributed by atoms with Crippen molar-refractivity contribution in [1.82, 2.24) is 0 Å². The summed E-state index contributed by atoms with van der Waals surface area (Å²) < 4.78 is 0. The van der Waals surface area contributed by atoms with Crippen molar-refractivity contribution in [2.45, 2.75) is 6.42 Å². The Morgan fingerprint density at radius 1 is 1.53 bits per heavy atom. The molecule has 0 aliphatic heterocycles. The minimum absolute atomic E-state index is 0.157. The standard InChI is InChI=1S/C11H6ClNO2/c12-10-4-3-8(2-1-5-13)9(6-10)7-11(14)15/h3-4,6H,7H2,(H,14,15). The van der Waals surface area contributed by atoms with Gasteiger partial charge in [-0.3, -0.25) is 4.79 Å². The first-order valence-electron chi connectivity index (χ1n) is 4.04. The van der Waals surface area contributed by atoms with Crippen LogP contribution in [0.5, 0.6) is 0 Å². The van der Waals surface area contributed by atoms with Gasteiger partial charge < -0.3 is 5.11 Å². The van der Waals surface area contributed by atoms with Crippen molar-refractivity contribution in [3.05, 3.63) is 34.3 Å².